The molecule has 0 amide bonds. The van der Waals surface area contributed by atoms with Gasteiger partial charge < -0.3 is 9.29 Å². The van der Waals surface area contributed by atoms with Gasteiger partial charge in [0.05, 0.1) is 0 Å². The maximum atomic E-state index is 11.1. The minimum Gasteiger partial charge on any atom is -0.387 e. The average Bonchev–Trinajstić information content (AvgIpc) is 2.05. The van der Waals surface area contributed by atoms with Crippen molar-refractivity contribution in [1.82, 2.24) is 0 Å². The van der Waals surface area contributed by atoms with Gasteiger partial charge in [0.15, 0.2) is 0 Å². The van der Waals surface area contributed by atoms with Crippen molar-refractivity contribution in [2.45, 2.75) is 6.10 Å². The van der Waals surface area contributed by atoms with Crippen LogP contribution in [0.4, 0.5) is 0 Å². The molecule has 1 atom stereocenters. The predicted octanol–water partition coefficient (Wildman–Crippen LogP) is 1.10. The Hall–Kier alpha value is -0.780. The van der Waals surface area contributed by atoms with Crippen LogP contribution in [0.1, 0.15) is 11.7 Å². The van der Waals surface area contributed by atoms with Crippen LogP contribution >= 0.6 is 11.6 Å². The van der Waals surface area contributed by atoms with Crippen molar-refractivity contribution in [3.05, 3.63) is 28.8 Å². The van der Waals surface area contributed by atoms with Gasteiger partial charge in [-0.15, -0.1) is 0 Å². The van der Waals surface area contributed by atoms with E-state index < -0.39 is 22.0 Å². The smallest absolute Gasteiger partial charge is 0.312 e. The quantitative estimate of drug-likeness (QED) is 0.683. The lowest BCUT2D eigenvalue weighted by Gasteiger charge is -2.21. The predicted molar refractivity (Wildman–Crippen MR) is 50.8 cm³/mol. The van der Waals surface area contributed by atoms with E-state index in [1.165, 1.54) is 18.2 Å². The van der Waals surface area contributed by atoms with Gasteiger partial charge in [-0.1, -0.05) is 11.6 Å². The van der Waals surface area contributed by atoms with Gasteiger partial charge in [0.2, 0.25) is 0 Å². The van der Waals surface area contributed by atoms with E-state index in [-0.39, 0.29) is 5.75 Å². The van der Waals surface area contributed by atoms with Crippen LogP contribution < -0.4 is 4.18 Å². The zero-order valence-corrected chi connectivity index (χ0v) is 8.55. The summed E-state index contributed by atoms with van der Waals surface area (Å²) in [6, 6.07) is 4.43. The highest BCUT2D eigenvalue weighted by Crippen LogP contribution is 2.34. The van der Waals surface area contributed by atoms with Gasteiger partial charge in [0, 0.05) is 10.6 Å². The first-order valence-electron chi connectivity index (χ1n) is 3.87. The third kappa shape index (κ3) is 1.70. The summed E-state index contributed by atoms with van der Waals surface area (Å²) in [5.41, 5.74) is 0.410. The molecule has 0 spiro atoms. The summed E-state index contributed by atoms with van der Waals surface area (Å²) < 4.78 is 26.9. The first kappa shape index (κ1) is 9.76. The van der Waals surface area contributed by atoms with Crippen LogP contribution in [-0.2, 0) is 10.1 Å². The lowest BCUT2D eigenvalue weighted by atomic mass is 10.1. The molecular formula is C8H7ClO4S. The molecule has 0 bridgehead atoms. The highest BCUT2D eigenvalue weighted by molar-refractivity contribution is 7.87. The van der Waals surface area contributed by atoms with E-state index in [0.717, 1.165) is 0 Å². The molecule has 1 N–H and O–H groups in total. The van der Waals surface area contributed by atoms with E-state index in [1.54, 1.807) is 0 Å². The first-order valence-corrected chi connectivity index (χ1v) is 5.83. The van der Waals surface area contributed by atoms with Crippen molar-refractivity contribution < 1.29 is 17.7 Å². The van der Waals surface area contributed by atoms with Crippen LogP contribution in [0.5, 0.6) is 5.75 Å². The molecule has 1 aliphatic rings. The van der Waals surface area contributed by atoms with Crippen LogP contribution in [0.3, 0.4) is 0 Å². The van der Waals surface area contributed by atoms with Crippen LogP contribution in [0.2, 0.25) is 5.02 Å². The number of aliphatic hydroxyl groups is 1. The highest BCUT2D eigenvalue weighted by atomic mass is 35.5. The van der Waals surface area contributed by atoms with Crippen LogP contribution in [-0.4, -0.2) is 19.3 Å². The van der Waals surface area contributed by atoms with Crippen LogP contribution in [0.15, 0.2) is 18.2 Å². The lowest BCUT2D eigenvalue weighted by Crippen LogP contribution is -2.25. The Morgan fingerprint density at radius 2 is 2.21 bits per heavy atom. The monoisotopic (exact) mass is 234 g/mol. The maximum Gasteiger partial charge on any atom is 0.312 e. The first-order chi connectivity index (χ1) is 6.48. The molecule has 14 heavy (non-hydrogen) atoms. The molecule has 0 radical (unpaired) electrons. The number of fused-ring (bicyclic) bond motifs is 1. The fraction of sp³-hybridized carbons (Fsp3) is 0.250. The summed E-state index contributed by atoms with van der Waals surface area (Å²) in [5.74, 6) is -0.284. The molecule has 1 aliphatic heterocycles. The van der Waals surface area contributed by atoms with Crippen molar-refractivity contribution >= 4 is 21.7 Å². The Morgan fingerprint density at radius 1 is 1.50 bits per heavy atom. The standard InChI is InChI=1S/C8H7ClO4S/c9-5-1-2-8-6(3-5)7(10)4-14(11,12)13-8/h1-3,7,10H,4H2. The number of halogens is 1. The van der Waals surface area contributed by atoms with E-state index in [4.69, 9.17) is 15.8 Å². The van der Waals surface area contributed by atoms with E-state index in [1.807, 2.05) is 0 Å². The molecule has 76 valence electrons. The van der Waals surface area contributed by atoms with Gasteiger partial charge >= 0.3 is 10.1 Å². The molecule has 0 saturated carbocycles. The van der Waals surface area contributed by atoms with Crippen molar-refractivity contribution in [2.75, 3.05) is 5.75 Å². The molecule has 1 heterocycles. The van der Waals surface area contributed by atoms with Gasteiger partial charge in [0.25, 0.3) is 0 Å². The number of hydrogen-bond donors (Lipinski definition) is 1. The highest BCUT2D eigenvalue weighted by Gasteiger charge is 2.29. The number of aliphatic hydroxyl groups excluding tert-OH is 1. The van der Waals surface area contributed by atoms with E-state index in [2.05, 4.69) is 0 Å². The molecule has 6 heteroatoms. The molecule has 0 aromatic heterocycles. The Kier molecular flexibility index (Phi) is 2.17. The minimum absolute atomic E-state index is 0.146. The second kappa shape index (κ2) is 3.12. The fourth-order valence-corrected chi connectivity index (χ4v) is 2.55. The SMILES string of the molecule is O=S1(=O)CC(O)c2cc(Cl)ccc2O1. The Balaban J connectivity index is 2.56. The summed E-state index contributed by atoms with van der Waals surface area (Å²) >= 11 is 5.70. The molecule has 4 nitrogen and oxygen atoms in total. The molecule has 0 aliphatic carbocycles. The average molecular weight is 235 g/mol. The summed E-state index contributed by atoms with van der Waals surface area (Å²) in [7, 11) is -3.65. The summed E-state index contributed by atoms with van der Waals surface area (Å²) in [6.07, 6.45) is -1.07. The lowest BCUT2D eigenvalue weighted by molar-refractivity contribution is 0.190. The second-order valence-electron chi connectivity index (χ2n) is 3.01. The topological polar surface area (TPSA) is 63.6 Å². The zero-order valence-electron chi connectivity index (χ0n) is 6.97. The summed E-state index contributed by atoms with van der Waals surface area (Å²) in [6.45, 7) is 0. The van der Waals surface area contributed by atoms with Crippen LogP contribution in [0.25, 0.3) is 0 Å². The number of benzene rings is 1. The molecule has 2 rings (SSSR count). The van der Waals surface area contributed by atoms with E-state index in [9.17, 15) is 13.5 Å². The second-order valence-corrected chi connectivity index (χ2v) is 5.06. The normalized spacial score (nSPS) is 23.7. The Morgan fingerprint density at radius 3 is 2.93 bits per heavy atom. The molecule has 0 saturated heterocycles. The van der Waals surface area contributed by atoms with Crippen molar-refractivity contribution in [3.8, 4) is 5.75 Å². The zero-order chi connectivity index (χ0) is 10.3. The third-order valence-corrected chi connectivity index (χ3v) is 3.30. The molecule has 1 aromatic carbocycles. The molecule has 1 unspecified atom stereocenters. The molecule has 1 aromatic rings. The summed E-state index contributed by atoms with van der Waals surface area (Å²) in [5, 5.41) is 9.94. The van der Waals surface area contributed by atoms with Crippen molar-refractivity contribution in [1.29, 1.82) is 0 Å². The van der Waals surface area contributed by atoms with E-state index in [0.29, 0.717) is 10.6 Å². The van der Waals surface area contributed by atoms with Gasteiger partial charge in [-0.3, -0.25) is 0 Å². The van der Waals surface area contributed by atoms with Gasteiger partial charge in [-0.2, -0.15) is 8.42 Å². The molecule has 0 fully saturated rings. The minimum atomic E-state index is -3.65. The van der Waals surface area contributed by atoms with Gasteiger partial charge in [-0.25, -0.2) is 0 Å². The Labute approximate surface area is 86.2 Å². The van der Waals surface area contributed by atoms with Gasteiger partial charge in [0.1, 0.15) is 17.6 Å². The number of rotatable bonds is 0. The maximum absolute atomic E-state index is 11.1. The van der Waals surface area contributed by atoms with Crippen molar-refractivity contribution in [3.63, 3.8) is 0 Å². The summed E-state index contributed by atoms with van der Waals surface area (Å²) in [4.78, 5) is 0. The van der Waals surface area contributed by atoms with Gasteiger partial charge in [-0.05, 0) is 18.2 Å². The number of hydrogen-bond acceptors (Lipinski definition) is 4. The van der Waals surface area contributed by atoms with Crippen LogP contribution in [0, 0.1) is 0 Å². The van der Waals surface area contributed by atoms with E-state index >= 15 is 0 Å². The Bertz CT molecular complexity index is 468. The fourth-order valence-electron chi connectivity index (χ4n) is 1.31. The van der Waals surface area contributed by atoms with Crippen molar-refractivity contribution in [2.24, 2.45) is 0 Å². The largest absolute Gasteiger partial charge is 0.387 e. The molecular weight excluding hydrogens is 228 g/mol. The third-order valence-electron chi connectivity index (χ3n) is 1.91.